The van der Waals surface area contributed by atoms with E-state index in [0.717, 1.165) is 12.0 Å². The van der Waals surface area contributed by atoms with Gasteiger partial charge in [-0.2, -0.15) is 0 Å². The van der Waals surface area contributed by atoms with Crippen molar-refractivity contribution >= 4 is 17.5 Å². The lowest BCUT2D eigenvalue weighted by Crippen LogP contribution is -2.62. The molecular weight excluding hydrogens is 414 g/mol. The summed E-state index contributed by atoms with van der Waals surface area (Å²) in [5.74, 6) is -2.78. The fourth-order valence-electron chi connectivity index (χ4n) is 8.36. The number of allylic oxidation sites excluding steroid dienone is 4. The predicted octanol–water partition coefficient (Wildman–Crippen LogP) is 2.44. The van der Waals surface area contributed by atoms with Crippen molar-refractivity contribution in [2.75, 3.05) is 0 Å². The third-order valence-corrected chi connectivity index (χ3v) is 9.68. The first-order valence-corrected chi connectivity index (χ1v) is 11.4. The van der Waals surface area contributed by atoms with Crippen molar-refractivity contribution in [2.24, 2.45) is 39.9 Å². The summed E-state index contributed by atoms with van der Waals surface area (Å²) < 4.78 is 0. The molecule has 174 valence electrons. The van der Waals surface area contributed by atoms with Gasteiger partial charge in [0.25, 0.3) is 5.09 Å². The van der Waals surface area contributed by atoms with E-state index < -0.39 is 39.3 Å². The van der Waals surface area contributed by atoms with Crippen molar-refractivity contribution in [3.63, 3.8) is 0 Å². The molecule has 3 saturated carbocycles. The molecule has 0 N–H and O–H groups in total. The molecule has 8 atom stereocenters. The number of Topliss-reactive ketones (excluding diaryl/α,β-unsaturated/α-hetero) is 1. The highest BCUT2D eigenvalue weighted by Crippen LogP contribution is 2.71. The number of hydrogen-bond acceptors (Lipinski definition) is 7. The predicted molar refractivity (Wildman–Crippen MR) is 111 cm³/mol. The number of aliphatic carboxylic acids is 1. The summed E-state index contributed by atoms with van der Waals surface area (Å²) >= 11 is 0. The van der Waals surface area contributed by atoms with Crippen LogP contribution in [0.1, 0.15) is 59.8 Å². The maximum atomic E-state index is 13.1. The average Bonchev–Trinajstić information content (AvgIpc) is 3.00. The Morgan fingerprint density at radius 2 is 1.97 bits per heavy atom. The third-order valence-electron chi connectivity index (χ3n) is 9.68. The normalized spacial score (nSPS) is 43.4. The Bertz CT molecular complexity index is 954. The first-order chi connectivity index (χ1) is 14.9. The lowest BCUT2D eigenvalue weighted by molar-refractivity contribution is -0.773. The number of carboxylic acid groups (broad SMARTS) is 1. The van der Waals surface area contributed by atoms with Crippen LogP contribution in [0.4, 0.5) is 0 Å². The number of ketones is 2. The van der Waals surface area contributed by atoms with Crippen LogP contribution in [0.3, 0.4) is 0 Å². The Kier molecular flexibility index (Phi) is 5.14. The number of carbonyl (C=O) groups excluding carboxylic acids is 3. The van der Waals surface area contributed by atoms with Gasteiger partial charge in [-0.05, 0) is 68.4 Å². The molecule has 0 aromatic rings. The molecule has 4 rings (SSSR count). The van der Waals surface area contributed by atoms with Crippen molar-refractivity contribution < 1.29 is 29.4 Å². The number of fused-ring (bicyclic) bond motifs is 5. The smallest absolute Gasteiger partial charge is 0.294 e. The number of rotatable bonds is 5. The second-order valence-electron chi connectivity index (χ2n) is 10.6. The molecule has 0 radical (unpaired) electrons. The number of carbonyl (C=O) groups is 3. The zero-order chi connectivity index (χ0) is 23.6. The summed E-state index contributed by atoms with van der Waals surface area (Å²) in [6.07, 6.45) is 6.93. The van der Waals surface area contributed by atoms with Crippen LogP contribution in [0.15, 0.2) is 23.8 Å². The Labute approximate surface area is 187 Å². The molecule has 0 saturated heterocycles. The molecule has 0 bridgehead atoms. The summed E-state index contributed by atoms with van der Waals surface area (Å²) in [6, 6.07) is 0. The summed E-state index contributed by atoms with van der Waals surface area (Å²) in [5, 5.41) is 22.7. The van der Waals surface area contributed by atoms with Gasteiger partial charge in [0, 0.05) is 28.6 Å². The Morgan fingerprint density at radius 1 is 1.28 bits per heavy atom. The van der Waals surface area contributed by atoms with Gasteiger partial charge in [-0.15, -0.1) is 10.1 Å². The third kappa shape index (κ3) is 2.83. The van der Waals surface area contributed by atoms with Gasteiger partial charge in [0.15, 0.2) is 5.78 Å². The van der Waals surface area contributed by atoms with Crippen LogP contribution in [-0.4, -0.2) is 28.7 Å². The Morgan fingerprint density at radius 3 is 2.56 bits per heavy atom. The fourth-order valence-corrected chi connectivity index (χ4v) is 8.36. The van der Waals surface area contributed by atoms with E-state index >= 15 is 0 Å². The molecule has 0 aromatic carbocycles. The van der Waals surface area contributed by atoms with Gasteiger partial charge in [0.05, 0.1) is 0 Å². The standard InChI is InChI=1S/C24H31NO7/c1-13(21(28)29)24(14(2)26)10-8-18-17-6-5-15-11-16(27)7-9-22(15,3)20(17)19(32-25(30)31)12-23(18,24)4/h7,9,11,13,17-20H,5-6,8,10,12H2,1-4H3,(H,28,29)/p-1. The number of nitrogens with zero attached hydrogens (tertiary/aromatic N) is 1. The fraction of sp³-hybridized carbons (Fsp3) is 0.708. The highest BCUT2D eigenvalue weighted by molar-refractivity contribution is 6.01. The van der Waals surface area contributed by atoms with Gasteiger partial charge in [0.2, 0.25) is 0 Å². The highest BCUT2D eigenvalue weighted by atomic mass is 17.0. The monoisotopic (exact) mass is 444 g/mol. The molecule has 8 heteroatoms. The molecule has 0 spiro atoms. The molecule has 0 aromatic heterocycles. The number of carboxylic acids is 1. The van der Waals surface area contributed by atoms with E-state index in [1.54, 1.807) is 6.08 Å². The van der Waals surface area contributed by atoms with E-state index in [2.05, 4.69) is 0 Å². The van der Waals surface area contributed by atoms with Crippen molar-refractivity contribution in [3.8, 4) is 0 Å². The van der Waals surface area contributed by atoms with Gasteiger partial charge < -0.3 is 14.7 Å². The van der Waals surface area contributed by atoms with Crippen LogP contribution < -0.4 is 5.11 Å². The van der Waals surface area contributed by atoms with Crippen LogP contribution in [0, 0.1) is 50.0 Å². The van der Waals surface area contributed by atoms with E-state index in [4.69, 9.17) is 4.84 Å². The van der Waals surface area contributed by atoms with Crippen LogP contribution in [-0.2, 0) is 19.2 Å². The summed E-state index contributed by atoms with van der Waals surface area (Å²) in [6.45, 7) is 6.89. The minimum Gasteiger partial charge on any atom is -0.550 e. The maximum Gasteiger partial charge on any atom is 0.294 e. The van der Waals surface area contributed by atoms with Gasteiger partial charge in [-0.25, -0.2) is 0 Å². The Hall–Kier alpha value is -2.51. The van der Waals surface area contributed by atoms with E-state index in [9.17, 15) is 29.6 Å². The zero-order valence-electron chi connectivity index (χ0n) is 19.0. The molecule has 4 aliphatic rings. The lowest BCUT2D eigenvalue weighted by Gasteiger charge is -2.61. The molecule has 32 heavy (non-hydrogen) atoms. The lowest BCUT2D eigenvalue weighted by atomic mass is 9.43. The Balaban J connectivity index is 1.85. The van der Waals surface area contributed by atoms with Gasteiger partial charge in [0.1, 0.15) is 11.9 Å². The highest BCUT2D eigenvalue weighted by Gasteiger charge is 2.69. The second kappa shape index (κ2) is 7.25. The van der Waals surface area contributed by atoms with Gasteiger partial charge >= 0.3 is 0 Å². The van der Waals surface area contributed by atoms with Crippen LogP contribution in [0.5, 0.6) is 0 Å². The SMILES string of the molecule is CC(=O)C1(C(C)C(=O)[O-])CCC2C3CCC4=CC(=O)C=CC4(C)C3C(O[N+](=O)[O-])CC21C. The minimum atomic E-state index is -1.27. The number of hydrogen-bond donors (Lipinski definition) is 0. The van der Waals surface area contributed by atoms with Crippen molar-refractivity contribution in [1.29, 1.82) is 0 Å². The van der Waals surface area contributed by atoms with E-state index in [1.165, 1.54) is 19.9 Å². The quantitative estimate of drug-likeness (QED) is 0.471. The van der Waals surface area contributed by atoms with E-state index in [0.29, 0.717) is 19.3 Å². The summed E-state index contributed by atoms with van der Waals surface area (Å²) in [4.78, 5) is 53.9. The average molecular weight is 445 g/mol. The second-order valence-corrected chi connectivity index (χ2v) is 10.6. The molecule has 8 nitrogen and oxygen atoms in total. The van der Waals surface area contributed by atoms with Crippen molar-refractivity contribution in [1.82, 2.24) is 0 Å². The first kappa shape index (κ1) is 22.7. The summed E-state index contributed by atoms with van der Waals surface area (Å²) in [5.41, 5.74) is -1.52. The maximum absolute atomic E-state index is 13.1. The van der Waals surface area contributed by atoms with Gasteiger partial charge in [-0.1, -0.05) is 32.4 Å². The van der Waals surface area contributed by atoms with E-state index in [-0.39, 0.29) is 35.7 Å². The van der Waals surface area contributed by atoms with Crippen LogP contribution in [0.25, 0.3) is 0 Å². The van der Waals surface area contributed by atoms with E-state index in [1.807, 2.05) is 19.9 Å². The molecule has 3 fully saturated rings. The largest absolute Gasteiger partial charge is 0.550 e. The summed E-state index contributed by atoms with van der Waals surface area (Å²) in [7, 11) is 0. The molecule has 0 aliphatic heterocycles. The minimum absolute atomic E-state index is 0.00822. The van der Waals surface area contributed by atoms with Crippen LogP contribution in [0.2, 0.25) is 0 Å². The van der Waals surface area contributed by atoms with Crippen molar-refractivity contribution in [2.45, 2.75) is 65.9 Å². The van der Waals surface area contributed by atoms with Crippen molar-refractivity contribution in [3.05, 3.63) is 33.9 Å². The first-order valence-electron chi connectivity index (χ1n) is 11.4. The molecule has 0 amide bonds. The molecular formula is C24H30NO7-. The zero-order valence-corrected chi connectivity index (χ0v) is 19.0. The van der Waals surface area contributed by atoms with Gasteiger partial charge in [-0.3, -0.25) is 9.59 Å². The molecule has 0 heterocycles. The molecule has 8 unspecified atom stereocenters. The molecule has 4 aliphatic carbocycles. The van der Waals surface area contributed by atoms with Crippen LogP contribution >= 0.6 is 0 Å². The topological polar surface area (TPSA) is 127 Å².